The Morgan fingerprint density at radius 2 is 2.06 bits per heavy atom. The van der Waals surface area contributed by atoms with Crippen LogP contribution in [0.5, 0.6) is 0 Å². The van der Waals surface area contributed by atoms with E-state index in [0.717, 1.165) is 18.2 Å². The van der Waals surface area contributed by atoms with Crippen molar-refractivity contribution in [1.29, 1.82) is 0 Å². The summed E-state index contributed by atoms with van der Waals surface area (Å²) in [5.41, 5.74) is 3.35. The van der Waals surface area contributed by atoms with Crippen molar-refractivity contribution in [1.82, 2.24) is 9.78 Å². The van der Waals surface area contributed by atoms with Crippen LogP contribution in [-0.2, 0) is 6.18 Å². The smallest absolute Gasteiger partial charge is 0.408 e. The first-order chi connectivity index (χ1) is 8.36. The molecule has 2 aromatic rings. The van der Waals surface area contributed by atoms with E-state index in [1.807, 2.05) is 0 Å². The molecule has 9 heteroatoms. The molecule has 18 heavy (non-hydrogen) atoms. The van der Waals surface area contributed by atoms with Gasteiger partial charge in [-0.1, -0.05) is 12.1 Å². The fourth-order valence-corrected chi connectivity index (χ4v) is 1.54. The number of para-hydroxylation sites is 1. The van der Waals surface area contributed by atoms with Crippen molar-refractivity contribution in [3.63, 3.8) is 0 Å². The Morgan fingerprint density at radius 3 is 2.61 bits per heavy atom. The quantitative estimate of drug-likeness (QED) is 0.249. The van der Waals surface area contributed by atoms with Crippen LogP contribution in [0.2, 0.25) is 0 Å². The summed E-state index contributed by atoms with van der Waals surface area (Å²) in [7, 11) is 0. The largest absolute Gasteiger partial charge is 0.435 e. The van der Waals surface area contributed by atoms with Gasteiger partial charge in [0.15, 0.2) is 5.69 Å². The molecule has 0 saturated carbocycles. The maximum atomic E-state index is 13.5. The van der Waals surface area contributed by atoms with E-state index in [1.54, 1.807) is 0 Å². The third kappa shape index (κ3) is 1.73. The van der Waals surface area contributed by atoms with Crippen molar-refractivity contribution >= 4 is 16.9 Å². The molecule has 0 bridgehead atoms. The normalized spacial score (nSPS) is 13.2. The van der Waals surface area contributed by atoms with Crippen molar-refractivity contribution < 1.29 is 22.8 Å². The molecule has 0 unspecified atom stereocenters. The summed E-state index contributed by atoms with van der Waals surface area (Å²) < 4.78 is 52.0. The number of hydrogen-bond donors (Lipinski definition) is 2. The van der Waals surface area contributed by atoms with Gasteiger partial charge in [-0.25, -0.2) is 4.39 Å². The van der Waals surface area contributed by atoms with Crippen molar-refractivity contribution in [3.8, 4) is 0 Å². The van der Waals surface area contributed by atoms with Crippen LogP contribution in [0.4, 0.5) is 17.6 Å². The topological polar surface area (TPSA) is 76.4 Å². The number of oxime groups is 1. The van der Waals surface area contributed by atoms with Gasteiger partial charge in [-0.05, 0) is 11.2 Å². The van der Waals surface area contributed by atoms with Gasteiger partial charge < -0.3 is 10.9 Å². The highest BCUT2D eigenvalue weighted by atomic mass is 19.4. The number of halogens is 4. The lowest BCUT2D eigenvalue weighted by molar-refractivity contribution is -0.140. The Labute approximate surface area is 97.1 Å². The van der Waals surface area contributed by atoms with Gasteiger partial charge in [-0.2, -0.15) is 23.0 Å². The second-order valence-corrected chi connectivity index (χ2v) is 3.35. The molecule has 0 aliphatic heterocycles. The van der Waals surface area contributed by atoms with E-state index in [-0.39, 0.29) is 0 Å². The number of nitrogens with zero attached hydrogens (tertiary/aromatic N) is 3. The van der Waals surface area contributed by atoms with Crippen molar-refractivity contribution in [2.24, 2.45) is 10.9 Å². The third-order valence-corrected chi connectivity index (χ3v) is 2.24. The van der Waals surface area contributed by atoms with E-state index in [4.69, 9.17) is 10.9 Å². The van der Waals surface area contributed by atoms with E-state index in [2.05, 4.69) is 10.3 Å². The summed E-state index contributed by atoms with van der Waals surface area (Å²) in [5, 5.41) is 13.6. The highest BCUT2D eigenvalue weighted by Crippen LogP contribution is 2.34. The molecule has 3 N–H and O–H groups in total. The fraction of sp³-hybridized carbons (Fsp3) is 0.111. The van der Waals surface area contributed by atoms with Gasteiger partial charge in [-0.3, -0.25) is 0 Å². The molecule has 5 nitrogen and oxygen atoms in total. The van der Waals surface area contributed by atoms with Crippen LogP contribution >= 0.6 is 0 Å². The standard InChI is InChI=1S/C9H6F4N4O/c10-5-3-1-2-4-6(5)17(8(14)16-18)15-7(4)9(11,12)13/h1-3,18H,(H2,14,16). The second kappa shape index (κ2) is 3.86. The molecule has 1 aromatic heterocycles. The average Bonchev–Trinajstić information content (AvgIpc) is 2.68. The number of fused-ring (bicyclic) bond motifs is 1. The monoisotopic (exact) mass is 262 g/mol. The zero-order valence-electron chi connectivity index (χ0n) is 8.61. The summed E-state index contributed by atoms with van der Waals surface area (Å²) in [6, 6.07) is 3.12. The Hall–Kier alpha value is -2.32. The van der Waals surface area contributed by atoms with E-state index >= 15 is 0 Å². The summed E-state index contributed by atoms with van der Waals surface area (Å²) in [6.07, 6.45) is -4.77. The van der Waals surface area contributed by atoms with Gasteiger partial charge in [0, 0.05) is 5.39 Å². The summed E-state index contributed by atoms with van der Waals surface area (Å²) >= 11 is 0. The Morgan fingerprint density at radius 1 is 1.39 bits per heavy atom. The van der Waals surface area contributed by atoms with Gasteiger partial charge in [0.05, 0.1) is 0 Å². The summed E-state index contributed by atoms with van der Waals surface area (Å²) in [5.74, 6) is -1.72. The van der Waals surface area contributed by atoms with Gasteiger partial charge in [0.25, 0.3) is 5.96 Å². The van der Waals surface area contributed by atoms with Crippen LogP contribution in [0.15, 0.2) is 23.4 Å². The maximum absolute atomic E-state index is 13.5. The molecule has 0 atom stereocenters. The maximum Gasteiger partial charge on any atom is 0.435 e. The lowest BCUT2D eigenvalue weighted by atomic mass is 10.2. The molecule has 0 aliphatic rings. The minimum Gasteiger partial charge on any atom is -0.408 e. The summed E-state index contributed by atoms with van der Waals surface area (Å²) in [4.78, 5) is 0. The number of alkyl halides is 3. The highest BCUT2D eigenvalue weighted by Gasteiger charge is 2.37. The molecule has 0 fully saturated rings. The number of nitrogens with two attached hydrogens (primary N) is 1. The fourth-order valence-electron chi connectivity index (χ4n) is 1.54. The second-order valence-electron chi connectivity index (χ2n) is 3.35. The van der Waals surface area contributed by atoms with E-state index < -0.39 is 34.5 Å². The lowest BCUT2D eigenvalue weighted by Crippen LogP contribution is -2.24. The lowest BCUT2D eigenvalue weighted by Gasteiger charge is -2.01. The molecule has 96 valence electrons. The van der Waals surface area contributed by atoms with Crippen LogP contribution in [0.1, 0.15) is 5.69 Å². The minimum atomic E-state index is -4.77. The van der Waals surface area contributed by atoms with Gasteiger partial charge >= 0.3 is 6.18 Å². The molecule has 0 aliphatic carbocycles. The van der Waals surface area contributed by atoms with E-state index in [1.165, 1.54) is 0 Å². The molecule has 0 amide bonds. The zero-order valence-corrected chi connectivity index (χ0v) is 8.61. The Bertz CT molecular complexity index is 631. The van der Waals surface area contributed by atoms with Crippen LogP contribution in [0.25, 0.3) is 10.9 Å². The van der Waals surface area contributed by atoms with Gasteiger partial charge in [-0.15, -0.1) is 0 Å². The Balaban J connectivity index is 2.89. The SMILES string of the molecule is NC(=NO)n1nc(C(F)(F)F)c2cccc(F)c21. The number of rotatable bonds is 0. The Kier molecular flexibility index (Phi) is 2.60. The highest BCUT2D eigenvalue weighted by molar-refractivity contribution is 5.93. The first-order valence-corrected chi connectivity index (χ1v) is 4.58. The predicted octanol–water partition coefficient (Wildman–Crippen LogP) is 1.75. The molecule has 0 saturated heterocycles. The first-order valence-electron chi connectivity index (χ1n) is 4.58. The number of aromatic nitrogens is 2. The van der Waals surface area contributed by atoms with Crippen LogP contribution < -0.4 is 5.73 Å². The van der Waals surface area contributed by atoms with E-state index in [0.29, 0.717) is 4.68 Å². The molecular formula is C9H6F4N4O. The van der Waals surface area contributed by atoms with E-state index in [9.17, 15) is 17.6 Å². The third-order valence-electron chi connectivity index (χ3n) is 2.24. The number of benzene rings is 1. The average molecular weight is 262 g/mol. The zero-order chi connectivity index (χ0) is 13.5. The van der Waals surface area contributed by atoms with Crippen molar-refractivity contribution in [2.45, 2.75) is 6.18 Å². The van der Waals surface area contributed by atoms with Crippen molar-refractivity contribution in [2.75, 3.05) is 0 Å². The predicted molar refractivity (Wildman–Crippen MR) is 53.5 cm³/mol. The molecule has 1 heterocycles. The summed E-state index contributed by atoms with van der Waals surface area (Å²) in [6.45, 7) is 0. The van der Waals surface area contributed by atoms with Crippen LogP contribution in [0, 0.1) is 5.82 Å². The van der Waals surface area contributed by atoms with Gasteiger partial charge in [0.1, 0.15) is 11.3 Å². The number of hydrogen-bond acceptors (Lipinski definition) is 3. The molecule has 0 spiro atoms. The molecule has 0 radical (unpaired) electrons. The van der Waals surface area contributed by atoms with Crippen LogP contribution in [0.3, 0.4) is 0 Å². The van der Waals surface area contributed by atoms with Crippen molar-refractivity contribution in [3.05, 3.63) is 29.7 Å². The molecular weight excluding hydrogens is 256 g/mol. The minimum absolute atomic E-state index is 0.396. The van der Waals surface area contributed by atoms with Gasteiger partial charge in [0.2, 0.25) is 0 Å². The first kappa shape index (κ1) is 12.1. The molecule has 1 aromatic carbocycles. The molecule has 2 rings (SSSR count). The van der Waals surface area contributed by atoms with Crippen LogP contribution in [-0.4, -0.2) is 20.9 Å².